The number of hydrogen-bond acceptors (Lipinski definition) is 7. The lowest BCUT2D eigenvalue weighted by molar-refractivity contribution is 0.108. The number of nitrogens with zero attached hydrogens (tertiary/aromatic N) is 6. The van der Waals surface area contributed by atoms with Crippen LogP contribution in [0.15, 0.2) is 58.2 Å². The van der Waals surface area contributed by atoms with E-state index < -0.39 is 17.0 Å². The van der Waals surface area contributed by atoms with Crippen molar-refractivity contribution in [3.63, 3.8) is 0 Å². The molecule has 31 heavy (non-hydrogen) atoms. The molecule has 0 aliphatic heterocycles. The SMILES string of the molecule is O=c1c2c(-c3noc(C4(O)CC4)n3)ncn2c2ccc(F)cc2n1Cc1ccccn1. The first-order chi connectivity index (χ1) is 15.0. The maximum absolute atomic E-state index is 14.1. The molecule has 4 aromatic heterocycles. The van der Waals surface area contributed by atoms with Gasteiger partial charge in [0, 0.05) is 6.20 Å². The average Bonchev–Trinajstić information content (AvgIpc) is 3.18. The highest BCUT2D eigenvalue weighted by atomic mass is 19.1. The van der Waals surface area contributed by atoms with Gasteiger partial charge in [-0.3, -0.25) is 18.7 Å². The summed E-state index contributed by atoms with van der Waals surface area (Å²) in [5.74, 6) is -0.233. The zero-order valence-corrected chi connectivity index (χ0v) is 16.1. The number of hydrogen-bond donors (Lipinski definition) is 1. The van der Waals surface area contributed by atoms with Crippen LogP contribution in [0.25, 0.3) is 28.1 Å². The highest BCUT2D eigenvalue weighted by Crippen LogP contribution is 2.44. The third kappa shape index (κ3) is 2.76. The number of rotatable bonds is 4. The number of halogens is 1. The summed E-state index contributed by atoms with van der Waals surface area (Å²) in [5, 5.41) is 14.1. The smallest absolute Gasteiger partial charge is 0.278 e. The van der Waals surface area contributed by atoms with E-state index in [1.807, 2.05) is 6.07 Å². The number of aliphatic hydroxyl groups is 1. The molecular formula is C21H15FN6O3. The standard InChI is InChI=1S/C21H15FN6O3/c22-12-4-5-14-15(9-12)27(10-13-3-1-2-8-23-13)19(29)17-16(24-11-28(14)17)18-25-20(31-26-18)21(30)6-7-21/h1-5,8-9,11,30H,6-7,10H2. The van der Waals surface area contributed by atoms with Gasteiger partial charge in [0.1, 0.15) is 29.0 Å². The highest BCUT2D eigenvalue weighted by Gasteiger charge is 2.48. The zero-order chi connectivity index (χ0) is 21.2. The molecule has 9 nitrogen and oxygen atoms in total. The Balaban J connectivity index is 1.61. The molecule has 5 aromatic rings. The molecule has 1 aliphatic carbocycles. The van der Waals surface area contributed by atoms with Crippen LogP contribution >= 0.6 is 0 Å². The molecule has 0 unspecified atom stereocenters. The minimum Gasteiger partial charge on any atom is -0.380 e. The van der Waals surface area contributed by atoms with Crippen LogP contribution < -0.4 is 5.56 Å². The van der Waals surface area contributed by atoms with Crippen molar-refractivity contribution in [1.29, 1.82) is 0 Å². The van der Waals surface area contributed by atoms with Gasteiger partial charge >= 0.3 is 0 Å². The van der Waals surface area contributed by atoms with E-state index in [0.717, 1.165) is 0 Å². The van der Waals surface area contributed by atoms with Gasteiger partial charge in [0.25, 0.3) is 11.4 Å². The second-order valence-corrected chi connectivity index (χ2v) is 7.61. The fourth-order valence-electron chi connectivity index (χ4n) is 3.70. The van der Waals surface area contributed by atoms with Crippen molar-refractivity contribution in [2.45, 2.75) is 25.0 Å². The van der Waals surface area contributed by atoms with Gasteiger partial charge in [-0.05, 0) is 43.2 Å². The Kier molecular flexibility index (Phi) is 3.63. The Bertz CT molecular complexity index is 1520. The molecule has 1 N–H and O–H groups in total. The quantitative estimate of drug-likeness (QED) is 0.476. The van der Waals surface area contributed by atoms with Crippen LogP contribution in [0.3, 0.4) is 0 Å². The van der Waals surface area contributed by atoms with Gasteiger partial charge in [0.15, 0.2) is 0 Å². The lowest BCUT2D eigenvalue weighted by Gasteiger charge is -2.12. The Labute approximate surface area is 173 Å². The second kappa shape index (κ2) is 6.29. The van der Waals surface area contributed by atoms with Crippen molar-refractivity contribution >= 4 is 16.6 Å². The molecule has 6 rings (SSSR count). The fraction of sp³-hybridized carbons (Fsp3) is 0.190. The lowest BCUT2D eigenvalue weighted by Crippen LogP contribution is -2.24. The van der Waals surface area contributed by atoms with Crippen LogP contribution in [0.5, 0.6) is 0 Å². The molecular weight excluding hydrogens is 403 g/mol. The van der Waals surface area contributed by atoms with Crippen molar-refractivity contribution in [1.82, 2.24) is 29.1 Å². The van der Waals surface area contributed by atoms with E-state index in [0.29, 0.717) is 29.6 Å². The summed E-state index contributed by atoms with van der Waals surface area (Å²) in [6.45, 7) is 0.151. The molecule has 4 heterocycles. The molecule has 1 aromatic carbocycles. The van der Waals surface area contributed by atoms with Crippen molar-refractivity contribution in [2.24, 2.45) is 0 Å². The molecule has 1 saturated carbocycles. The van der Waals surface area contributed by atoms with Gasteiger partial charge in [0.2, 0.25) is 5.82 Å². The van der Waals surface area contributed by atoms with Crippen LogP contribution in [0.4, 0.5) is 4.39 Å². The predicted molar refractivity (Wildman–Crippen MR) is 107 cm³/mol. The van der Waals surface area contributed by atoms with Crippen molar-refractivity contribution in [3.05, 3.63) is 76.7 Å². The van der Waals surface area contributed by atoms with Gasteiger partial charge in [-0.15, -0.1) is 0 Å². The number of imidazole rings is 1. The molecule has 1 fully saturated rings. The molecule has 0 radical (unpaired) electrons. The topological polar surface area (TPSA) is 111 Å². The van der Waals surface area contributed by atoms with E-state index in [4.69, 9.17) is 4.52 Å². The first-order valence-electron chi connectivity index (χ1n) is 9.69. The molecule has 1 aliphatic rings. The van der Waals surface area contributed by atoms with Crippen LogP contribution in [-0.4, -0.2) is 34.2 Å². The first kappa shape index (κ1) is 17.9. The van der Waals surface area contributed by atoms with E-state index in [1.54, 1.807) is 28.8 Å². The minimum absolute atomic E-state index is 0.111. The van der Waals surface area contributed by atoms with E-state index in [2.05, 4.69) is 20.1 Å². The molecule has 0 bridgehead atoms. The Hall–Kier alpha value is -3.92. The summed E-state index contributed by atoms with van der Waals surface area (Å²) in [6.07, 6.45) is 4.20. The Morgan fingerprint density at radius 1 is 1.16 bits per heavy atom. The summed E-state index contributed by atoms with van der Waals surface area (Å²) in [6, 6.07) is 9.62. The van der Waals surface area contributed by atoms with E-state index in [-0.39, 0.29) is 29.5 Å². The normalized spacial score (nSPS) is 15.0. The predicted octanol–water partition coefficient (Wildman–Crippen LogP) is 2.26. The first-order valence-corrected chi connectivity index (χ1v) is 9.69. The van der Waals surface area contributed by atoms with Gasteiger partial charge in [-0.25, -0.2) is 9.37 Å². The van der Waals surface area contributed by atoms with Crippen molar-refractivity contribution in [3.8, 4) is 11.5 Å². The number of pyridine rings is 1. The molecule has 0 atom stereocenters. The lowest BCUT2D eigenvalue weighted by atomic mass is 10.2. The maximum atomic E-state index is 14.1. The fourth-order valence-corrected chi connectivity index (χ4v) is 3.70. The molecule has 0 amide bonds. The molecule has 154 valence electrons. The molecule has 0 spiro atoms. The maximum Gasteiger partial charge on any atom is 0.278 e. The van der Waals surface area contributed by atoms with E-state index in [9.17, 15) is 14.3 Å². The third-order valence-corrected chi connectivity index (χ3v) is 5.51. The Morgan fingerprint density at radius 3 is 2.81 bits per heavy atom. The van der Waals surface area contributed by atoms with E-state index >= 15 is 0 Å². The van der Waals surface area contributed by atoms with Crippen LogP contribution in [0, 0.1) is 5.82 Å². The minimum atomic E-state index is -1.09. The van der Waals surface area contributed by atoms with Crippen LogP contribution in [0.2, 0.25) is 0 Å². The van der Waals surface area contributed by atoms with Crippen LogP contribution in [0.1, 0.15) is 24.4 Å². The van der Waals surface area contributed by atoms with Gasteiger partial charge in [-0.1, -0.05) is 11.2 Å². The molecule has 10 heteroatoms. The van der Waals surface area contributed by atoms with Gasteiger partial charge in [-0.2, -0.15) is 4.98 Å². The second-order valence-electron chi connectivity index (χ2n) is 7.61. The summed E-state index contributed by atoms with van der Waals surface area (Å²) in [5.41, 5.74) is 0.620. The number of fused-ring (bicyclic) bond motifs is 3. The summed E-state index contributed by atoms with van der Waals surface area (Å²) in [7, 11) is 0. The van der Waals surface area contributed by atoms with Crippen LogP contribution in [-0.2, 0) is 12.1 Å². The van der Waals surface area contributed by atoms with Crippen molar-refractivity contribution < 1.29 is 14.0 Å². The monoisotopic (exact) mass is 418 g/mol. The largest absolute Gasteiger partial charge is 0.380 e. The average molecular weight is 418 g/mol. The summed E-state index contributed by atoms with van der Waals surface area (Å²) >= 11 is 0. The highest BCUT2D eigenvalue weighted by molar-refractivity contribution is 5.83. The third-order valence-electron chi connectivity index (χ3n) is 5.51. The zero-order valence-electron chi connectivity index (χ0n) is 16.1. The number of benzene rings is 1. The summed E-state index contributed by atoms with van der Waals surface area (Å²) < 4.78 is 22.3. The number of aromatic nitrogens is 6. The van der Waals surface area contributed by atoms with Crippen molar-refractivity contribution in [2.75, 3.05) is 0 Å². The van der Waals surface area contributed by atoms with E-state index in [1.165, 1.54) is 23.0 Å². The summed E-state index contributed by atoms with van der Waals surface area (Å²) in [4.78, 5) is 26.4. The van der Waals surface area contributed by atoms with Gasteiger partial charge in [0.05, 0.1) is 23.3 Å². The van der Waals surface area contributed by atoms with Gasteiger partial charge < -0.3 is 9.63 Å². The molecule has 0 saturated heterocycles. The Morgan fingerprint density at radius 2 is 2.03 bits per heavy atom.